The van der Waals surface area contributed by atoms with E-state index in [1.165, 1.54) is 31.1 Å². The standard InChI is InChI=1S/C28H32F3N3O7/c1-15(40-2)26(27(38)32-22(28(39)41-3)10-16-4-7-20(35)8-5-16)33-23(36)13-19-6-9-24(37)34(19)14-17-11-18(29)12-21(30)25(17)31/h4-5,7-8,11-12,15,19,22,26,35H,6,9-10,13-14H2,1-3H3,(H,32,38)(H,33,36)/t15-,19+,22+,26+/m1/s1. The average molecular weight is 580 g/mol. The summed E-state index contributed by atoms with van der Waals surface area (Å²) in [6.07, 6.45) is -0.791. The van der Waals surface area contributed by atoms with Gasteiger partial charge < -0.3 is 30.1 Å². The van der Waals surface area contributed by atoms with Crippen molar-refractivity contribution in [2.45, 2.75) is 63.4 Å². The highest BCUT2D eigenvalue weighted by atomic mass is 19.2. The smallest absolute Gasteiger partial charge is 0.328 e. The molecule has 4 atom stereocenters. The predicted molar refractivity (Wildman–Crippen MR) is 139 cm³/mol. The van der Waals surface area contributed by atoms with Crippen LogP contribution in [0.3, 0.4) is 0 Å². The van der Waals surface area contributed by atoms with Gasteiger partial charge in [-0.3, -0.25) is 14.4 Å². The third-order valence-corrected chi connectivity index (χ3v) is 6.90. The van der Waals surface area contributed by atoms with Gasteiger partial charge in [0.05, 0.1) is 13.2 Å². The summed E-state index contributed by atoms with van der Waals surface area (Å²) in [7, 11) is 2.49. The Morgan fingerprint density at radius 1 is 1.10 bits per heavy atom. The summed E-state index contributed by atoms with van der Waals surface area (Å²) in [6, 6.07) is 4.11. The molecule has 0 unspecified atom stereocenters. The maximum atomic E-state index is 14.2. The minimum absolute atomic E-state index is 0.0276. The zero-order valence-electron chi connectivity index (χ0n) is 22.8. The number of benzene rings is 2. The Morgan fingerprint density at radius 3 is 2.41 bits per heavy atom. The van der Waals surface area contributed by atoms with E-state index in [9.17, 15) is 37.5 Å². The molecule has 13 heteroatoms. The molecule has 2 aromatic carbocycles. The van der Waals surface area contributed by atoms with Crippen LogP contribution in [0.15, 0.2) is 36.4 Å². The molecule has 0 spiro atoms. The van der Waals surface area contributed by atoms with E-state index in [0.29, 0.717) is 11.6 Å². The second-order valence-electron chi connectivity index (χ2n) is 9.72. The van der Waals surface area contributed by atoms with Crippen LogP contribution in [-0.4, -0.2) is 72.1 Å². The topological polar surface area (TPSA) is 134 Å². The van der Waals surface area contributed by atoms with Crippen LogP contribution in [0.2, 0.25) is 0 Å². The fourth-order valence-corrected chi connectivity index (χ4v) is 4.57. The highest BCUT2D eigenvalue weighted by molar-refractivity contribution is 5.91. The van der Waals surface area contributed by atoms with Gasteiger partial charge in [-0.2, -0.15) is 0 Å². The van der Waals surface area contributed by atoms with E-state index in [1.54, 1.807) is 12.1 Å². The third-order valence-electron chi connectivity index (χ3n) is 6.90. The summed E-state index contributed by atoms with van der Waals surface area (Å²) >= 11 is 0. The number of aromatic hydroxyl groups is 1. The lowest BCUT2D eigenvalue weighted by Gasteiger charge is -2.28. The number of carbonyl (C=O) groups excluding carboxylic acids is 4. The lowest BCUT2D eigenvalue weighted by atomic mass is 10.0. The molecule has 2 aromatic rings. The van der Waals surface area contributed by atoms with Gasteiger partial charge in [0.25, 0.3) is 0 Å². The van der Waals surface area contributed by atoms with Crippen LogP contribution in [0.1, 0.15) is 37.3 Å². The molecule has 0 bridgehead atoms. The molecule has 1 fully saturated rings. The Kier molecular flexibility index (Phi) is 10.7. The Bertz CT molecular complexity index is 1280. The van der Waals surface area contributed by atoms with Crippen molar-refractivity contribution in [2.24, 2.45) is 0 Å². The van der Waals surface area contributed by atoms with Crippen LogP contribution in [-0.2, 0) is 41.6 Å². The van der Waals surface area contributed by atoms with E-state index in [0.717, 1.165) is 13.2 Å². The van der Waals surface area contributed by atoms with E-state index in [4.69, 9.17) is 9.47 Å². The van der Waals surface area contributed by atoms with Crippen molar-refractivity contribution >= 4 is 23.7 Å². The number of hydrogen-bond acceptors (Lipinski definition) is 7. The van der Waals surface area contributed by atoms with E-state index < -0.39 is 71.9 Å². The maximum Gasteiger partial charge on any atom is 0.328 e. The zero-order valence-corrected chi connectivity index (χ0v) is 22.8. The highest BCUT2D eigenvalue weighted by Crippen LogP contribution is 2.26. The second kappa shape index (κ2) is 14.0. The molecule has 3 amide bonds. The van der Waals surface area contributed by atoms with Crippen molar-refractivity contribution in [1.82, 2.24) is 15.5 Å². The molecule has 0 aliphatic carbocycles. The predicted octanol–water partition coefficient (Wildman–Crippen LogP) is 2.11. The molecule has 0 saturated carbocycles. The quantitative estimate of drug-likeness (QED) is 0.259. The van der Waals surface area contributed by atoms with Crippen molar-refractivity contribution in [3.8, 4) is 5.75 Å². The number of halogens is 3. The third kappa shape index (κ3) is 8.19. The number of phenols is 1. The number of carbonyl (C=O) groups is 4. The van der Waals surface area contributed by atoms with Crippen LogP contribution >= 0.6 is 0 Å². The van der Waals surface area contributed by atoms with E-state index >= 15 is 0 Å². The van der Waals surface area contributed by atoms with Gasteiger partial charge >= 0.3 is 5.97 Å². The Labute approximate surface area is 234 Å². The number of likely N-dealkylation sites (tertiary alicyclic amines) is 1. The lowest BCUT2D eigenvalue weighted by molar-refractivity contribution is -0.146. The van der Waals surface area contributed by atoms with E-state index in [2.05, 4.69) is 10.6 Å². The summed E-state index contributed by atoms with van der Waals surface area (Å²) in [6.45, 7) is 1.10. The fraction of sp³-hybridized carbons (Fsp3) is 0.429. The number of nitrogens with one attached hydrogen (secondary N) is 2. The lowest BCUT2D eigenvalue weighted by Crippen LogP contribution is -2.57. The van der Waals surface area contributed by atoms with Crippen molar-refractivity contribution < 1.29 is 46.9 Å². The Balaban J connectivity index is 1.70. The Morgan fingerprint density at radius 2 is 1.78 bits per heavy atom. The molecule has 10 nitrogen and oxygen atoms in total. The van der Waals surface area contributed by atoms with Gasteiger partial charge in [0, 0.05) is 50.6 Å². The number of esters is 1. The molecule has 1 heterocycles. The van der Waals surface area contributed by atoms with E-state index in [-0.39, 0.29) is 37.0 Å². The van der Waals surface area contributed by atoms with Gasteiger partial charge in [-0.15, -0.1) is 0 Å². The number of methoxy groups -OCH3 is 2. The first-order valence-corrected chi connectivity index (χ1v) is 12.8. The molecule has 222 valence electrons. The monoisotopic (exact) mass is 579 g/mol. The summed E-state index contributed by atoms with van der Waals surface area (Å²) in [4.78, 5) is 52.3. The zero-order chi connectivity index (χ0) is 30.3. The number of ether oxygens (including phenoxy) is 2. The van der Waals surface area contributed by atoms with Crippen molar-refractivity contribution in [3.05, 3.63) is 65.0 Å². The van der Waals surface area contributed by atoms with Crippen LogP contribution in [0, 0.1) is 17.5 Å². The molecule has 0 aromatic heterocycles. The summed E-state index contributed by atoms with van der Waals surface area (Å²) < 4.78 is 51.6. The molecule has 0 radical (unpaired) electrons. The first kappa shape index (κ1) is 31.4. The van der Waals surface area contributed by atoms with Gasteiger partial charge in [0.2, 0.25) is 17.7 Å². The molecule has 3 N–H and O–H groups in total. The highest BCUT2D eigenvalue weighted by Gasteiger charge is 2.36. The van der Waals surface area contributed by atoms with Crippen LogP contribution in [0.4, 0.5) is 13.2 Å². The van der Waals surface area contributed by atoms with Gasteiger partial charge in [0.15, 0.2) is 11.6 Å². The minimum Gasteiger partial charge on any atom is -0.508 e. The largest absolute Gasteiger partial charge is 0.508 e. The normalized spacial score (nSPS) is 17.1. The van der Waals surface area contributed by atoms with Crippen molar-refractivity contribution in [2.75, 3.05) is 14.2 Å². The molecule has 1 aliphatic heterocycles. The number of nitrogens with zero attached hydrogens (tertiary/aromatic N) is 1. The number of hydrogen-bond donors (Lipinski definition) is 3. The summed E-state index contributed by atoms with van der Waals surface area (Å²) in [5.74, 6) is -6.18. The number of phenolic OH excluding ortho intramolecular Hbond substituents is 1. The average Bonchev–Trinajstić information content (AvgIpc) is 3.27. The number of amides is 3. The molecule has 1 aliphatic rings. The van der Waals surface area contributed by atoms with Crippen molar-refractivity contribution in [1.29, 1.82) is 0 Å². The van der Waals surface area contributed by atoms with Crippen LogP contribution in [0.25, 0.3) is 0 Å². The summed E-state index contributed by atoms with van der Waals surface area (Å²) in [5, 5.41) is 14.6. The SMILES string of the molecule is COC(=O)[C@H](Cc1ccc(O)cc1)NC(=O)[C@@H](NC(=O)C[C@@H]1CCC(=O)N1Cc1cc(F)cc(F)c1F)[C@@H](C)OC. The van der Waals surface area contributed by atoms with Gasteiger partial charge in [-0.25, -0.2) is 18.0 Å². The maximum absolute atomic E-state index is 14.2. The summed E-state index contributed by atoms with van der Waals surface area (Å²) in [5.41, 5.74) is 0.260. The molecule has 41 heavy (non-hydrogen) atoms. The van der Waals surface area contributed by atoms with Crippen LogP contribution in [0.5, 0.6) is 5.75 Å². The van der Waals surface area contributed by atoms with Gasteiger partial charge in [-0.05, 0) is 37.1 Å². The van der Waals surface area contributed by atoms with Gasteiger partial charge in [-0.1, -0.05) is 12.1 Å². The van der Waals surface area contributed by atoms with E-state index in [1.807, 2.05) is 0 Å². The van der Waals surface area contributed by atoms with Crippen LogP contribution < -0.4 is 10.6 Å². The molecule has 1 saturated heterocycles. The first-order valence-electron chi connectivity index (χ1n) is 12.8. The fourth-order valence-electron chi connectivity index (χ4n) is 4.57. The molecular formula is C28H32F3N3O7. The number of rotatable bonds is 12. The van der Waals surface area contributed by atoms with Gasteiger partial charge in [0.1, 0.15) is 23.7 Å². The molecule has 3 rings (SSSR count). The first-order chi connectivity index (χ1) is 19.4. The Hall–Kier alpha value is -4.13. The second-order valence-corrected chi connectivity index (χ2v) is 9.72. The minimum atomic E-state index is -1.39. The van der Waals surface area contributed by atoms with Crippen molar-refractivity contribution in [3.63, 3.8) is 0 Å². The molecular weight excluding hydrogens is 547 g/mol.